The topological polar surface area (TPSA) is 26.3 Å². The predicted octanol–water partition coefficient (Wildman–Crippen LogP) is 3.07. The van der Waals surface area contributed by atoms with Crippen molar-refractivity contribution >= 4 is 34.6 Å². The van der Waals surface area contributed by atoms with Crippen molar-refractivity contribution in [3.63, 3.8) is 0 Å². The van der Waals surface area contributed by atoms with Crippen molar-refractivity contribution in [1.82, 2.24) is 0 Å². The van der Waals surface area contributed by atoms with E-state index >= 15 is 0 Å². The molecular formula is C12H13IO2. The van der Waals surface area contributed by atoms with Crippen molar-refractivity contribution < 1.29 is 9.53 Å². The van der Waals surface area contributed by atoms with Gasteiger partial charge in [0.25, 0.3) is 0 Å². The van der Waals surface area contributed by atoms with Crippen molar-refractivity contribution in [2.24, 2.45) is 0 Å². The van der Waals surface area contributed by atoms with Gasteiger partial charge < -0.3 is 4.74 Å². The third kappa shape index (κ3) is 4.03. The van der Waals surface area contributed by atoms with Gasteiger partial charge in [-0.05, 0) is 18.6 Å². The lowest BCUT2D eigenvalue weighted by atomic mass is 10.1. The summed E-state index contributed by atoms with van der Waals surface area (Å²) in [6.45, 7) is 2.23. The van der Waals surface area contributed by atoms with Crippen molar-refractivity contribution in [3.05, 3.63) is 41.5 Å². The van der Waals surface area contributed by atoms with Gasteiger partial charge in [-0.2, -0.15) is 0 Å². The zero-order chi connectivity index (χ0) is 11.1. The smallest absolute Gasteiger partial charge is 0.334 e. The van der Waals surface area contributed by atoms with Gasteiger partial charge >= 0.3 is 5.97 Å². The molecule has 0 aliphatic rings. The second kappa shape index (κ2) is 6.61. The summed E-state index contributed by atoms with van der Waals surface area (Å²) in [6, 6.07) is 9.77. The Balaban J connectivity index is 2.83. The Hall–Kier alpha value is -0.840. The Kier molecular flexibility index (Phi) is 5.39. The Morgan fingerprint density at radius 3 is 2.60 bits per heavy atom. The van der Waals surface area contributed by atoms with E-state index in [2.05, 4.69) is 22.6 Å². The van der Waals surface area contributed by atoms with Crippen LogP contribution in [0, 0.1) is 0 Å². The number of ether oxygens (including phenoxy) is 1. The Bertz CT molecular complexity index is 344. The zero-order valence-electron chi connectivity index (χ0n) is 8.57. The number of alkyl halides is 1. The number of hydrogen-bond acceptors (Lipinski definition) is 2. The molecule has 15 heavy (non-hydrogen) atoms. The fraction of sp³-hybridized carbons (Fsp3) is 0.250. The number of esters is 1. The van der Waals surface area contributed by atoms with Crippen LogP contribution >= 0.6 is 22.6 Å². The summed E-state index contributed by atoms with van der Waals surface area (Å²) in [5, 5.41) is 0. The number of carbonyl (C=O) groups excluding carboxylic acids is 1. The van der Waals surface area contributed by atoms with Crippen LogP contribution in [-0.2, 0) is 9.53 Å². The highest BCUT2D eigenvalue weighted by molar-refractivity contribution is 14.1. The molecule has 0 bridgehead atoms. The summed E-state index contributed by atoms with van der Waals surface area (Å²) in [5.74, 6) is -0.226. The number of rotatable bonds is 4. The standard InChI is InChI=1S/C12H13IO2/c1-2-15-12(14)11(9-13)8-10-6-4-3-5-7-10/h3-8H,2,9H2,1H3/b11-8+. The number of carbonyl (C=O) groups is 1. The van der Waals surface area contributed by atoms with E-state index in [1.165, 1.54) is 0 Å². The molecule has 0 fully saturated rings. The van der Waals surface area contributed by atoms with Crippen molar-refractivity contribution in [1.29, 1.82) is 0 Å². The van der Waals surface area contributed by atoms with Crippen LogP contribution in [0.2, 0.25) is 0 Å². The minimum absolute atomic E-state index is 0.226. The highest BCUT2D eigenvalue weighted by atomic mass is 127. The lowest BCUT2D eigenvalue weighted by Crippen LogP contribution is -2.08. The SMILES string of the molecule is CCOC(=O)/C(=C/c1ccccc1)CI. The number of hydrogen-bond donors (Lipinski definition) is 0. The fourth-order valence-electron chi connectivity index (χ4n) is 1.13. The molecule has 0 amide bonds. The maximum Gasteiger partial charge on any atom is 0.334 e. The first-order valence-electron chi connectivity index (χ1n) is 4.76. The highest BCUT2D eigenvalue weighted by Crippen LogP contribution is 2.10. The molecule has 0 aliphatic carbocycles. The van der Waals surface area contributed by atoms with Crippen LogP contribution in [-0.4, -0.2) is 17.0 Å². The average Bonchev–Trinajstić information content (AvgIpc) is 2.27. The van der Waals surface area contributed by atoms with Crippen LogP contribution in [0.1, 0.15) is 12.5 Å². The first-order valence-corrected chi connectivity index (χ1v) is 6.29. The van der Waals surface area contributed by atoms with E-state index in [1.807, 2.05) is 43.3 Å². The summed E-state index contributed by atoms with van der Waals surface area (Å²) in [6.07, 6.45) is 1.87. The minimum Gasteiger partial charge on any atom is -0.463 e. The fourth-order valence-corrected chi connectivity index (χ4v) is 1.66. The van der Waals surface area contributed by atoms with Gasteiger partial charge in [-0.1, -0.05) is 52.9 Å². The Morgan fingerprint density at radius 2 is 2.07 bits per heavy atom. The molecule has 0 unspecified atom stereocenters. The summed E-state index contributed by atoms with van der Waals surface area (Å²) in [7, 11) is 0. The highest BCUT2D eigenvalue weighted by Gasteiger charge is 2.08. The van der Waals surface area contributed by atoms with Gasteiger partial charge in [0.2, 0.25) is 0 Å². The first-order chi connectivity index (χ1) is 7.27. The van der Waals surface area contributed by atoms with Crippen LogP contribution in [0.4, 0.5) is 0 Å². The number of benzene rings is 1. The molecule has 1 aromatic carbocycles. The molecule has 0 spiro atoms. The molecular weight excluding hydrogens is 303 g/mol. The van der Waals surface area contributed by atoms with Crippen LogP contribution in [0.3, 0.4) is 0 Å². The molecule has 0 aliphatic heterocycles. The van der Waals surface area contributed by atoms with E-state index < -0.39 is 0 Å². The maximum atomic E-state index is 11.5. The van der Waals surface area contributed by atoms with Gasteiger partial charge in [0.1, 0.15) is 0 Å². The number of halogens is 1. The van der Waals surface area contributed by atoms with Crippen LogP contribution in [0.25, 0.3) is 6.08 Å². The molecule has 0 atom stereocenters. The Morgan fingerprint density at radius 1 is 1.40 bits per heavy atom. The molecule has 2 nitrogen and oxygen atoms in total. The Labute approximate surface area is 103 Å². The van der Waals surface area contributed by atoms with Gasteiger partial charge in [-0.3, -0.25) is 0 Å². The minimum atomic E-state index is -0.226. The van der Waals surface area contributed by atoms with Crippen LogP contribution in [0.5, 0.6) is 0 Å². The lowest BCUT2D eigenvalue weighted by molar-refractivity contribution is -0.138. The molecule has 1 aromatic rings. The molecule has 0 saturated heterocycles. The van der Waals surface area contributed by atoms with E-state index in [0.29, 0.717) is 16.6 Å². The second-order valence-electron chi connectivity index (χ2n) is 2.93. The van der Waals surface area contributed by atoms with Crippen molar-refractivity contribution in [2.75, 3.05) is 11.0 Å². The molecule has 0 saturated carbocycles. The molecule has 1 rings (SSSR count). The summed E-state index contributed by atoms with van der Waals surface area (Å²) in [4.78, 5) is 11.5. The van der Waals surface area contributed by atoms with E-state index in [4.69, 9.17) is 4.74 Å². The van der Waals surface area contributed by atoms with E-state index in [9.17, 15) is 4.79 Å². The molecule has 0 aromatic heterocycles. The molecule has 0 heterocycles. The van der Waals surface area contributed by atoms with Crippen molar-refractivity contribution in [3.8, 4) is 0 Å². The molecule has 0 radical (unpaired) electrons. The van der Waals surface area contributed by atoms with E-state index in [0.717, 1.165) is 5.56 Å². The van der Waals surface area contributed by atoms with Gasteiger partial charge in [-0.25, -0.2) is 4.79 Å². The third-order valence-corrected chi connectivity index (χ3v) is 2.64. The average molecular weight is 316 g/mol. The largest absolute Gasteiger partial charge is 0.463 e. The molecule has 0 N–H and O–H groups in total. The first kappa shape index (κ1) is 12.2. The normalized spacial score (nSPS) is 11.2. The van der Waals surface area contributed by atoms with Gasteiger partial charge in [-0.15, -0.1) is 0 Å². The van der Waals surface area contributed by atoms with E-state index in [1.54, 1.807) is 0 Å². The maximum absolute atomic E-state index is 11.5. The molecule has 80 valence electrons. The summed E-state index contributed by atoms with van der Waals surface area (Å²) in [5.41, 5.74) is 1.72. The zero-order valence-corrected chi connectivity index (χ0v) is 10.7. The van der Waals surface area contributed by atoms with Crippen LogP contribution < -0.4 is 0 Å². The third-order valence-electron chi connectivity index (χ3n) is 1.82. The van der Waals surface area contributed by atoms with Crippen molar-refractivity contribution in [2.45, 2.75) is 6.92 Å². The predicted molar refractivity (Wildman–Crippen MR) is 69.9 cm³/mol. The van der Waals surface area contributed by atoms with Gasteiger partial charge in [0.15, 0.2) is 0 Å². The molecule has 3 heteroatoms. The van der Waals surface area contributed by atoms with E-state index in [-0.39, 0.29) is 5.97 Å². The van der Waals surface area contributed by atoms with Gasteiger partial charge in [0, 0.05) is 10.0 Å². The van der Waals surface area contributed by atoms with Gasteiger partial charge in [0.05, 0.1) is 6.61 Å². The monoisotopic (exact) mass is 316 g/mol. The second-order valence-corrected chi connectivity index (χ2v) is 3.70. The summed E-state index contributed by atoms with van der Waals surface area (Å²) >= 11 is 2.16. The summed E-state index contributed by atoms with van der Waals surface area (Å²) < 4.78 is 5.61. The lowest BCUT2D eigenvalue weighted by Gasteiger charge is -2.03. The van der Waals surface area contributed by atoms with Crippen LogP contribution in [0.15, 0.2) is 35.9 Å². The quantitative estimate of drug-likeness (QED) is 0.369.